The number of halogens is 2. The molecule has 2 aromatic heterocycles. The first kappa shape index (κ1) is 21.8. The summed E-state index contributed by atoms with van der Waals surface area (Å²) in [5, 5.41) is 2.56. The molecule has 0 radical (unpaired) electrons. The molecule has 8 nitrogen and oxygen atoms in total. The third kappa shape index (κ3) is 4.05. The molecule has 32 heavy (non-hydrogen) atoms. The maximum atomic E-state index is 14.7. The predicted octanol–water partition coefficient (Wildman–Crippen LogP) is 1.89. The van der Waals surface area contributed by atoms with Crippen LogP contribution in [0.5, 0.6) is 0 Å². The van der Waals surface area contributed by atoms with E-state index in [9.17, 15) is 18.4 Å². The molecule has 0 bridgehead atoms. The van der Waals surface area contributed by atoms with Gasteiger partial charge >= 0.3 is 0 Å². The molecule has 1 aromatic carbocycles. The van der Waals surface area contributed by atoms with Gasteiger partial charge in [0.15, 0.2) is 11.6 Å². The summed E-state index contributed by atoms with van der Waals surface area (Å²) in [5.74, 6) is -2.22. The number of benzene rings is 1. The van der Waals surface area contributed by atoms with Crippen molar-refractivity contribution in [2.24, 2.45) is 0 Å². The zero-order valence-electron chi connectivity index (χ0n) is 18.1. The predicted molar refractivity (Wildman–Crippen MR) is 117 cm³/mol. The van der Waals surface area contributed by atoms with Crippen LogP contribution < -0.4 is 15.8 Å². The standard InChI is InChI=1S/C22H24F2N6O2/c1-12-17(5-4-15(26-12)22(32)25-3)30-8-6-29(7-9-30)11-14-10-16-20(19(24)18(14)23)27-13(2)21(31)28-16/h4-5,10H,6-9,11H2,1-3H3,(H,25,32)(H,28,31). The Kier molecular flexibility index (Phi) is 5.88. The minimum atomic E-state index is -1.05. The number of amides is 1. The number of aromatic nitrogens is 3. The van der Waals surface area contributed by atoms with E-state index in [1.807, 2.05) is 17.9 Å². The number of fused-ring (bicyclic) bond motifs is 1. The van der Waals surface area contributed by atoms with Crippen molar-refractivity contribution in [1.82, 2.24) is 25.2 Å². The second-order valence-corrected chi connectivity index (χ2v) is 7.85. The molecule has 1 aliphatic heterocycles. The van der Waals surface area contributed by atoms with Crippen LogP contribution in [0.1, 0.15) is 27.4 Å². The Labute approximate surface area is 183 Å². The first-order chi connectivity index (χ1) is 15.3. The van der Waals surface area contributed by atoms with Crippen molar-refractivity contribution in [2.45, 2.75) is 20.4 Å². The molecular weight excluding hydrogens is 418 g/mol. The Morgan fingerprint density at radius 1 is 1.09 bits per heavy atom. The van der Waals surface area contributed by atoms with Crippen molar-refractivity contribution in [3.05, 3.63) is 62.8 Å². The van der Waals surface area contributed by atoms with Gasteiger partial charge in [-0.3, -0.25) is 14.5 Å². The third-order valence-electron chi connectivity index (χ3n) is 5.74. The van der Waals surface area contributed by atoms with Crippen LogP contribution in [0.25, 0.3) is 11.0 Å². The number of piperazine rings is 1. The summed E-state index contributed by atoms with van der Waals surface area (Å²) in [6.45, 7) is 6.16. The molecule has 1 saturated heterocycles. The van der Waals surface area contributed by atoms with Crippen molar-refractivity contribution in [1.29, 1.82) is 0 Å². The second-order valence-electron chi connectivity index (χ2n) is 7.85. The summed E-state index contributed by atoms with van der Waals surface area (Å²) >= 11 is 0. The van der Waals surface area contributed by atoms with E-state index in [0.717, 1.165) is 11.4 Å². The van der Waals surface area contributed by atoms with Crippen molar-refractivity contribution >= 4 is 22.6 Å². The topological polar surface area (TPSA) is 94.2 Å². The molecule has 2 N–H and O–H groups in total. The van der Waals surface area contributed by atoms with Gasteiger partial charge in [-0.25, -0.2) is 18.7 Å². The molecule has 3 heterocycles. The summed E-state index contributed by atoms with van der Waals surface area (Å²) < 4.78 is 29.2. The summed E-state index contributed by atoms with van der Waals surface area (Å²) in [6.07, 6.45) is 0. The molecule has 0 atom stereocenters. The number of aromatic amines is 1. The lowest BCUT2D eigenvalue weighted by molar-refractivity contribution is 0.0958. The number of H-pyrrole nitrogens is 1. The van der Waals surface area contributed by atoms with E-state index < -0.39 is 17.2 Å². The van der Waals surface area contributed by atoms with Gasteiger partial charge in [-0.2, -0.15) is 0 Å². The molecule has 3 aromatic rings. The maximum Gasteiger partial charge on any atom is 0.269 e. The Bertz CT molecular complexity index is 1250. The van der Waals surface area contributed by atoms with E-state index in [-0.39, 0.29) is 34.7 Å². The van der Waals surface area contributed by atoms with Crippen LogP contribution in [0.3, 0.4) is 0 Å². The fourth-order valence-corrected chi connectivity index (χ4v) is 3.95. The Balaban J connectivity index is 1.48. The van der Waals surface area contributed by atoms with Crippen LogP contribution in [0.4, 0.5) is 14.5 Å². The molecule has 0 aliphatic carbocycles. The van der Waals surface area contributed by atoms with Gasteiger partial charge in [-0.1, -0.05) is 0 Å². The van der Waals surface area contributed by atoms with Crippen LogP contribution in [0.2, 0.25) is 0 Å². The second kappa shape index (κ2) is 8.62. The van der Waals surface area contributed by atoms with Crippen LogP contribution in [-0.4, -0.2) is 59.0 Å². The zero-order valence-corrected chi connectivity index (χ0v) is 18.1. The SMILES string of the molecule is CNC(=O)c1ccc(N2CCN(Cc3cc4[nH]c(=O)c(C)nc4c(F)c3F)CC2)c(C)n1. The van der Waals surface area contributed by atoms with Gasteiger partial charge < -0.3 is 15.2 Å². The first-order valence-corrected chi connectivity index (χ1v) is 10.3. The number of nitrogens with one attached hydrogen (secondary N) is 2. The zero-order chi connectivity index (χ0) is 23.0. The molecule has 1 amide bonds. The van der Waals surface area contributed by atoms with Gasteiger partial charge in [0, 0.05) is 45.3 Å². The van der Waals surface area contributed by atoms with E-state index in [0.29, 0.717) is 31.9 Å². The summed E-state index contributed by atoms with van der Waals surface area (Å²) in [6, 6.07) is 5.03. The summed E-state index contributed by atoms with van der Waals surface area (Å²) in [7, 11) is 1.56. The van der Waals surface area contributed by atoms with Gasteiger partial charge in [0.2, 0.25) is 0 Å². The fraction of sp³-hybridized carbons (Fsp3) is 0.364. The molecule has 0 saturated carbocycles. The number of carbonyl (C=O) groups excluding carboxylic acids is 1. The quantitative estimate of drug-likeness (QED) is 0.641. The number of nitrogens with zero attached hydrogens (tertiary/aromatic N) is 4. The average molecular weight is 442 g/mol. The number of aryl methyl sites for hydroxylation is 2. The molecule has 0 unspecified atom stereocenters. The smallest absolute Gasteiger partial charge is 0.269 e. The summed E-state index contributed by atoms with van der Waals surface area (Å²) in [5.41, 5.74) is 1.93. The van der Waals surface area contributed by atoms with E-state index in [4.69, 9.17) is 0 Å². The average Bonchev–Trinajstić information content (AvgIpc) is 2.79. The normalized spacial score (nSPS) is 14.7. The number of rotatable bonds is 4. The number of carbonyl (C=O) groups is 1. The molecule has 4 rings (SSSR count). The first-order valence-electron chi connectivity index (χ1n) is 10.3. The van der Waals surface area contributed by atoms with Crippen LogP contribution in [0.15, 0.2) is 23.0 Å². The number of hydrogen-bond acceptors (Lipinski definition) is 6. The van der Waals surface area contributed by atoms with Crippen molar-refractivity contribution in [2.75, 3.05) is 38.1 Å². The van der Waals surface area contributed by atoms with Gasteiger partial charge in [-0.05, 0) is 32.0 Å². The number of anilines is 1. The van der Waals surface area contributed by atoms with E-state index in [1.54, 1.807) is 13.1 Å². The van der Waals surface area contributed by atoms with E-state index in [2.05, 4.69) is 25.2 Å². The van der Waals surface area contributed by atoms with Gasteiger partial charge in [-0.15, -0.1) is 0 Å². The van der Waals surface area contributed by atoms with Gasteiger partial charge in [0.05, 0.1) is 16.9 Å². The number of pyridine rings is 1. The van der Waals surface area contributed by atoms with Crippen LogP contribution in [0, 0.1) is 25.5 Å². The Morgan fingerprint density at radius 3 is 2.47 bits per heavy atom. The highest BCUT2D eigenvalue weighted by molar-refractivity contribution is 5.92. The lowest BCUT2D eigenvalue weighted by Crippen LogP contribution is -2.46. The maximum absolute atomic E-state index is 14.7. The molecule has 168 valence electrons. The molecule has 0 spiro atoms. The van der Waals surface area contributed by atoms with Gasteiger partial charge in [0.25, 0.3) is 11.5 Å². The van der Waals surface area contributed by atoms with Crippen molar-refractivity contribution in [3.8, 4) is 0 Å². The molecular formula is C22H24F2N6O2. The van der Waals surface area contributed by atoms with Crippen molar-refractivity contribution in [3.63, 3.8) is 0 Å². The molecule has 1 fully saturated rings. The largest absolute Gasteiger partial charge is 0.368 e. The molecule has 10 heteroatoms. The monoisotopic (exact) mass is 442 g/mol. The highest BCUT2D eigenvalue weighted by atomic mass is 19.2. The third-order valence-corrected chi connectivity index (χ3v) is 5.74. The number of hydrogen-bond donors (Lipinski definition) is 2. The lowest BCUT2D eigenvalue weighted by atomic mass is 10.1. The van der Waals surface area contributed by atoms with Crippen LogP contribution >= 0.6 is 0 Å². The van der Waals surface area contributed by atoms with E-state index in [1.165, 1.54) is 13.0 Å². The van der Waals surface area contributed by atoms with Gasteiger partial charge in [0.1, 0.15) is 16.9 Å². The Hall–Kier alpha value is -3.40. The van der Waals surface area contributed by atoms with E-state index >= 15 is 0 Å². The lowest BCUT2D eigenvalue weighted by Gasteiger charge is -2.36. The highest BCUT2D eigenvalue weighted by Gasteiger charge is 2.23. The Morgan fingerprint density at radius 2 is 1.81 bits per heavy atom. The van der Waals surface area contributed by atoms with Crippen LogP contribution in [-0.2, 0) is 6.54 Å². The fourth-order valence-electron chi connectivity index (χ4n) is 3.95. The molecule has 1 aliphatic rings. The summed E-state index contributed by atoms with van der Waals surface area (Å²) in [4.78, 5) is 38.6. The van der Waals surface area contributed by atoms with Crippen molar-refractivity contribution < 1.29 is 13.6 Å². The highest BCUT2D eigenvalue weighted by Crippen LogP contribution is 2.24. The minimum absolute atomic E-state index is 0.0906. The minimum Gasteiger partial charge on any atom is -0.368 e.